The Kier molecular flexibility index (Phi) is 3.60. The Balaban J connectivity index is 1.86. The van der Waals surface area contributed by atoms with Gasteiger partial charge in [-0.3, -0.25) is 9.36 Å². The number of aliphatic hydroxyl groups is 4. The lowest BCUT2D eigenvalue weighted by Gasteiger charge is -2.25. The van der Waals surface area contributed by atoms with E-state index in [1.54, 1.807) is 6.92 Å². The first-order valence-electron chi connectivity index (χ1n) is 8.02. The number of nitrogens with zero attached hydrogens (tertiary/aromatic N) is 4. The number of fused-ring (bicyclic) bond motifs is 2. The average molecular weight is 353 g/mol. The predicted octanol–water partition coefficient (Wildman–Crippen LogP) is -1.97. The van der Waals surface area contributed by atoms with E-state index in [-0.39, 0.29) is 36.6 Å². The van der Waals surface area contributed by atoms with E-state index in [4.69, 9.17) is 4.74 Å². The third-order valence-corrected chi connectivity index (χ3v) is 4.85. The minimum absolute atomic E-state index is 0.00212. The highest BCUT2D eigenvalue weighted by Crippen LogP contribution is 2.34. The number of imidazole rings is 1. The Morgan fingerprint density at radius 3 is 2.88 bits per heavy atom. The molecule has 2 aromatic rings. The molecule has 0 radical (unpaired) electrons. The second-order valence-electron chi connectivity index (χ2n) is 6.31. The lowest BCUT2D eigenvalue weighted by atomic mass is 10.1. The molecule has 2 aliphatic heterocycles. The fourth-order valence-corrected chi connectivity index (χ4v) is 3.42. The van der Waals surface area contributed by atoms with Gasteiger partial charge in [-0.15, -0.1) is 0 Å². The maximum absolute atomic E-state index is 12.8. The summed E-state index contributed by atoms with van der Waals surface area (Å²) in [6.45, 7) is 1.40. The summed E-state index contributed by atoms with van der Waals surface area (Å²) in [7, 11) is 0. The molecule has 4 heterocycles. The lowest BCUT2D eigenvalue weighted by Crippen LogP contribution is -2.46. The van der Waals surface area contributed by atoms with Gasteiger partial charge < -0.3 is 30.5 Å². The highest BCUT2D eigenvalue weighted by Gasteiger charge is 2.46. The molecule has 0 aromatic carbocycles. The molecule has 136 valence electrons. The van der Waals surface area contributed by atoms with Crippen LogP contribution < -0.4 is 10.9 Å². The molecule has 1 fully saturated rings. The number of anilines is 1. The van der Waals surface area contributed by atoms with Crippen LogP contribution in [-0.2, 0) is 10.5 Å². The van der Waals surface area contributed by atoms with E-state index in [2.05, 4.69) is 15.3 Å². The lowest BCUT2D eigenvalue weighted by molar-refractivity contribution is -0.113. The quantitative estimate of drug-likeness (QED) is 0.422. The first-order chi connectivity index (χ1) is 11.9. The van der Waals surface area contributed by atoms with E-state index >= 15 is 0 Å². The molecule has 0 bridgehead atoms. The van der Waals surface area contributed by atoms with Crippen LogP contribution in [0.1, 0.15) is 26.0 Å². The van der Waals surface area contributed by atoms with Crippen molar-refractivity contribution < 1.29 is 25.2 Å². The van der Waals surface area contributed by atoms with Crippen LogP contribution in [0.2, 0.25) is 0 Å². The molecule has 2 unspecified atom stereocenters. The molecule has 5 N–H and O–H groups in total. The third-order valence-electron chi connectivity index (χ3n) is 4.85. The molecule has 0 amide bonds. The van der Waals surface area contributed by atoms with E-state index in [0.717, 1.165) is 4.57 Å². The summed E-state index contributed by atoms with van der Waals surface area (Å²) < 4.78 is 7.97. The van der Waals surface area contributed by atoms with Crippen LogP contribution in [0.15, 0.2) is 11.1 Å². The van der Waals surface area contributed by atoms with E-state index < -0.39 is 35.9 Å². The standard InChI is InChI=1S/C14H19N5O6/c1-2-14(24)12(23)17-13-16-9-8(10(22)19(13)14)15-5-18(9)11-7(21)3-6(4-20)25-11/h5-7,11-12,20-21,23-24H,2-4H2,1H3,(H,16,17)/t6-,7+,11+,12?,14?/m0/s1. The van der Waals surface area contributed by atoms with Gasteiger partial charge in [-0.05, 0) is 6.42 Å². The summed E-state index contributed by atoms with van der Waals surface area (Å²) in [6.07, 6.45) is -1.97. The van der Waals surface area contributed by atoms with Gasteiger partial charge in [-0.1, -0.05) is 6.92 Å². The summed E-state index contributed by atoms with van der Waals surface area (Å²) in [5.41, 5.74) is -2.30. The van der Waals surface area contributed by atoms with Crippen LogP contribution in [0.5, 0.6) is 0 Å². The molecule has 11 nitrogen and oxygen atoms in total. The predicted molar refractivity (Wildman–Crippen MR) is 83.5 cm³/mol. The van der Waals surface area contributed by atoms with Crippen molar-refractivity contribution in [2.75, 3.05) is 11.9 Å². The smallest absolute Gasteiger partial charge is 0.285 e. The molecule has 0 aliphatic carbocycles. The maximum atomic E-state index is 12.8. The molecule has 0 spiro atoms. The monoisotopic (exact) mass is 353 g/mol. The minimum Gasteiger partial charge on any atom is -0.394 e. The third kappa shape index (κ3) is 2.14. The molecular weight excluding hydrogens is 334 g/mol. The highest BCUT2D eigenvalue weighted by atomic mass is 16.5. The number of ether oxygens (including phenoxy) is 1. The van der Waals surface area contributed by atoms with Crippen LogP contribution in [0.25, 0.3) is 11.2 Å². The first-order valence-corrected chi connectivity index (χ1v) is 8.02. The van der Waals surface area contributed by atoms with Crippen molar-refractivity contribution in [2.24, 2.45) is 0 Å². The van der Waals surface area contributed by atoms with Crippen molar-refractivity contribution in [1.82, 2.24) is 19.1 Å². The Morgan fingerprint density at radius 2 is 2.24 bits per heavy atom. The summed E-state index contributed by atoms with van der Waals surface area (Å²) in [5, 5.41) is 42.6. The van der Waals surface area contributed by atoms with E-state index in [1.807, 2.05) is 0 Å². The van der Waals surface area contributed by atoms with Gasteiger partial charge in [0.1, 0.15) is 6.10 Å². The second kappa shape index (κ2) is 5.47. The topological polar surface area (TPSA) is 155 Å². The van der Waals surface area contributed by atoms with E-state index in [9.17, 15) is 25.2 Å². The van der Waals surface area contributed by atoms with E-state index in [1.165, 1.54) is 10.9 Å². The molecule has 1 saturated heterocycles. The molecule has 11 heteroatoms. The van der Waals surface area contributed by atoms with Crippen molar-refractivity contribution in [1.29, 1.82) is 0 Å². The van der Waals surface area contributed by atoms with Crippen LogP contribution in [0.3, 0.4) is 0 Å². The molecule has 25 heavy (non-hydrogen) atoms. The van der Waals surface area contributed by atoms with Crippen LogP contribution in [-0.4, -0.2) is 64.6 Å². The zero-order valence-electron chi connectivity index (χ0n) is 13.4. The first kappa shape index (κ1) is 16.4. The van der Waals surface area contributed by atoms with Gasteiger partial charge in [0.15, 0.2) is 29.3 Å². The number of aromatic nitrogens is 4. The van der Waals surface area contributed by atoms with Gasteiger partial charge in [-0.25, -0.2) is 9.55 Å². The molecule has 2 aliphatic rings. The summed E-state index contributed by atoms with van der Waals surface area (Å²) >= 11 is 0. The van der Waals surface area contributed by atoms with Crippen molar-refractivity contribution in [3.05, 3.63) is 16.7 Å². The maximum Gasteiger partial charge on any atom is 0.285 e. The van der Waals surface area contributed by atoms with Crippen molar-refractivity contribution in [2.45, 2.75) is 50.2 Å². The van der Waals surface area contributed by atoms with Gasteiger partial charge in [0.2, 0.25) is 5.95 Å². The van der Waals surface area contributed by atoms with Gasteiger partial charge in [0.25, 0.3) is 5.56 Å². The molecule has 0 saturated carbocycles. The van der Waals surface area contributed by atoms with Crippen molar-refractivity contribution >= 4 is 17.1 Å². The Morgan fingerprint density at radius 1 is 1.48 bits per heavy atom. The van der Waals surface area contributed by atoms with Crippen LogP contribution in [0.4, 0.5) is 5.95 Å². The summed E-state index contributed by atoms with van der Waals surface area (Å²) in [6, 6.07) is 0. The van der Waals surface area contributed by atoms with Crippen LogP contribution in [0, 0.1) is 0 Å². The van der Waals surface area contributed by atoms with Gasteiger partial charge >= 0.3 is 0 Å². The molecule has 5 atom stereocenters. The average Bonchev–Trinajstić information content (AvgIpc) is 3.23. The zero-order chi connectivity index (χ0) is 17.9. The molecule has 4 rings (SSSR count). The van der Waals surface area contributed by atoms with Gasteiger partial charge in [0.05, 0.1) is 19.0 Å². The molecular formula is C14H19N5O6. The number of aliphatic hydroxyl groups excluding tert-OH is 3. The normalized spacial score (nSPS) is 34.4. The highest BCUT2D eigenvalue weighted by molar-refractivity contribution is 5.72. The summed E-state index contributed by atoms with van der Waals surface area (Å²) in [4.78, 5) is 21.1. The Bertz CT molecular complexity index is 880. The van der Waals surface area contributed by atoms with Crippen LogP contribution >= 0.6 is 0 Å². The van der Waals surface area contributed by atoms with Gasteiger partial charge in [-0.2, -0.15) is 4.98 Å². The second-order valence-corrected chi connectivity index (χ2v) is 6.31. The number of nitrogens with one attached hydrogen (secondary N) is 1. The zero-order valence-corrected chi connectivity index (χ0v) is 13.4. The van der Waals surface area contributed by atoms with E-state index in [0.29, 0.717) is 0 Å². The molecule has 2 aromatic heterocycles. The summed E-state index contributed by atoms with van der Waals surface area (Å²) in [5.74, 6) is 0.00212. The number of hydrogen-bond donors (Lipinski definition) is 5. The number of rotatable bonds is 3. The van der Waals surface area contributed by atoms with Crippen molar-refractivity contribution in [3.63, 3.8) is 0 Å². The number of hydrogen-bond acceptors (Lipinski definition) is 9. The van der Waals surface area contributed by atoms with Gasteiger partial charge in [0, 0.05) is 6.42 Å². The fraction of sp³-hybridized carbons (Fsp3) is 0.643. The Labute approximate surface area is 141 Å². The minimum atomic E-state index is -1.82. The largest absolute Gasteiger partial charge is 0.394 e. The van der Waals surface area contributed by atoms with Crippen molar-refractivity contribution in [3.8, 4) is 0 Å². The fourth-order valence-electron chi connectivity index (χ4n) is 3.42. The SMILES string of the molecule is CCC1(O)C(O)Nc2nc3c(ncn3[C@@H]3O[C@H](CO)C[C@H]3O)c(=O)n21. The Hall–Kier alpha value is -2.05.